The van der Waals surface area contributed by atoms with E-state index in [1.165, 1.54) is 32.1 Å². The van der Waals surface area contributed by atoms with Crippen molar-refractivity contribution in [1.82, 2.24) is 5.32 Å². The number of amides is 3. The van der Waals surface area contributed by atoms with Crippen molar-refractivity contribution in [2.75, 3.05) is 23.3 Å². The van der Waals surface area contributed by atoms with Gasteiger partial charge in [-0.25, -0.2) is 4.79 Å². The van der Waals surface area contributed by atoms with Gasteiger partial charge in [0.2, 0.25) is 5.91 Å². The van der Waals surface area contributed by atoms with Crippen molar-refractivity contribution >= 4 is 23.3 Å². The van der Waals surface area contributed by atoms with Gasteiger partial charge in [-0.05, 0) is 80.0 Å². The van der Waals surface area contributed by atoms with Gasteiger partial charge in [-0.2, -0.15) is 0 Å². The zero-order valence-electron chi connectivity index (χ0n) is 14.4. The number of rotatable bonds is 3. The Hall–Kier alpha value is -2.04. The van der Waals surface area contributed by atoms with Crippen molar-refractivity contribution in [2.24, 2.45) is 29.6 Å². The van der Waals surface area contributed by atoms with E-state index < -0.39 is 0 Å². The van der Waals surface area contributed by atoms with Gasteiger partial charge in [0.15, 0.2) is 0 Å². The van der Waals surface area contributed by atoms with Crippen molar-refractivity contribution in [1.29, 1.82) is 0 Å². The quantitative estimate of drug-likeness (QED) is 0.888. The van der Waals surface area contributed by atoms with Crippen molar-refractivity contribution < 1.29 is 9.59 Å². The third-order valence-electron chi connectivity index (χ3n) is 6.83. The molecule has 0 radical (unpaired) electrons. The minimum absolute atomic E-state index is 0.0506. The van der Waals surface area contributed by atoms with E-state index in [0.717, 1.165) is 23.2 Å². The Bertz CT molecular complexity index is 671. The lowest BCUT2D eigenvalue weighted by Gasteiger charge is -2.53. The van der Waals surface area contributed by atoms with Gasteiger partial charge in [0, 0.05) is 30.4 Å². The van der Waals surface area contributed by atoms with Crippen LogP contribution in [0, 0.1) is 29.6 Å². The van der Waals surface area contributed by atoms with Gasteiger partial charge < -0.3 is 10.6 Å². The zero-order valence-corrected chi connectivity index (χ0v) is 14.4. The summed E-state index contributed by atoms with van der Waals surface area (Å²) in [7, 11) is 0. The van der Waals surface area contributed by atoms with Gasteiger partial charge in [-0.15, -0.1) is 0 Å². The fourth-order valence-electron chi connectivity index (χ4n) is 6.02. The Morgan fingerprint density at radius 1 is 1.00 bits per heavy atom. The molecule has 2 N–H and O–H groups in total. The van der Waals surface area contributed by atoms with Crippen LogP contribution in [0.5, 0.6) is 0 Å². The molecule has 1 aromatic rings. The van der Waals surface area contributed by atoms with E-state index in [-0.39, 0.29) is 17.9 Å². The van der Waals surface area contributed by atoms with E-state index in [0.29, 0.717) is 24.9 Å². The molecule has 4 aliphatic carbocycles. The van der Waals surface area contributed by atoms with Crippen LogP contribution < -0.4 is 15.5 Å². The standard InChI is InChI=1S/C20H25N3O2/c24-19(18-14-8-12-7-13(10-14)11-15(18)9-12)22-16-1-3-17(4-2-16)23-6-5-21-20(23)25/h1-4,12-15,18H,5-11H2,(H,21,25)(H,22,24). The largest absolute Gasteiger partial charge is 0.336 e. The maximum absolute atomic E-state index is 12.9. The summed E-state index contributed by atoms with van der Waals surface area (Å²) < 4.78 is 0. The van der Waals surface area contributed by atoms with Crippen molar-refractivity contribution in [3.63, 3.8) is 0 Å². The molecule has 0 spiro atoms. The normalized spacial score (nSPS) is 35.8. The van der Waals surface area contributed by atoms with E-state index in [1.807, 2.05) is 24.3 Å². The zero-order chi connectivity index (χ0) is 17.0. The molecule has 25 heavy (non-hydrogen) atoms. The van der Waals surface area contributed by atoms with E-state index >= 15 is 0 Å². The molecule has 1 aromatic carbocycles. The lowest BCUT2D eigenvalue weighted by Crippen LogP contribution is -2.49. The molecule has 4 bridgehead atoms. The number of anilines is 2. The Kier molecular flexibility index (Phi) is 3.50. The van der Waals surface area contributed by atoms with E-state index in [2.05, 4.69) is 10.6 Å². The van der Waals surface area contributed by atoms with Gasteiger partial charge in [-0.1, -0.05) is 0 Å². The molecule has 3 amide bonds. The van der Waals surface area contributed by atoms with Crippen LogP contribution in [0.25, 0.3) is 0 Å². The first-order chi connectivity index (χ1) is 12.2. The van der Waals surface area contributed by atoms with Crippen LogP contribution in [0.2, 0.25) is 0 Å². The summed E-state index contributed by atoms with van der Waals surface area (Å²) in [5.41, 5.74) is 1.71. The summed E-state index contributed by atoms with van der Waals surface area (Å²) >= 11 is 0. The monoisotopic (exact) mass is 339 g/mol. The second kappa shape index (κ2) is 5.75. The van der Waals surface area contributed by atoms with Crippen molar-refractivity contribution in [3.05, 3.63) is 24.3 Å². The highest BCUT2D eigenvalue weighted by atomic mass is 16.2. The van der Waals surface area contributed by atoms with Crippen LogP contribution in [-0.4, -0.2) is 25.0 Å². The molecule has 4 saturated carbocycles. The third kappa shape index (κ3) is 2.60. The first-order valence-corrected chi connectivity index (χ1v) is 9.63. The molecule has 132 valence electrons. The molecular weight excluding hydrogens is 314 g/mol. The molecule has 0 atom stereocenters. The smallest absolute Gasteiger partial charge is 0.321 e. The number of nitrogens with one attached hydrogen (secondary N) is 2. The highest BCUT2D eigenvalue weighted by Crippen LogP contribution is 2.56. The fourth-order valence-corrected chi connectivity index (χ4v) is 6.02. The molecule has 1 saturated heterocycles. The highest BCUT2D eigenvalue weighted by molar-refractivity contribution is 5.95. The Labute approximate surface area is 148 Å². The van der Waals surface area contributed by atoms with Crippen LogP contribution >= 0.6 is 0 Å². The topological polar surface area (TPSA) is 61.4 Å². The minimum atomic E-state index is -0.0506. The Morgan fingerprint density at radius 3 is 2.20 bits per heavy atom. The first kappa shape index (κ1) is 15.2. The van der Waals surface area contributed by atoms with E-state index in [1.54, 1.807) is 4.90 Å². The molecule has 6 rings (SSSR count). The predicted molar refractivity (Wildman–Crippen MR) is 96.4 cm³/mol. The molecule has 0 unspecified atom stereocenters. The number of carbonyl (C=O) groups is 2. The average molecular weight is 339 g/mol. The van der Waals surface area contributed by atoms with Crippen LogP contribution in [0.1, 0.15) is 32.1 Å². The molecule has 5 nitrogen and oxygen atoms in total. The predicted octanol–water partition coefficient (Wildman–Crippen LogP) is 3.23. The lowest BCUT2D eigenvalue weighted by atomic mass is 9.51. The summed E-state index contributed by atoms with van der Waals surface area (Å²) in [6.45, 7) is 1.38. The molecular formula is C20H25N3O2. The number of hydrogen-bond donors (Lipinski definition) is 2. The van der Waals surface area contributed by atoms with Crippen molar-refractivity contribution in [2.45, 2.75) is 32.1 Å². The molecule has 1 aliphatic heterocycles. The summed E-state index contributed by atoms with van der Waals surface area (Å²) in [5.74, 6) is 3.39. The molecule has 5 fully saturated rings. The van der Waals surface area contributed by atoms with Gasteiger partial charge in [0.25, 0.3) is 0 Å². The summed E-state index contributed by atoms with van der Waals surface area (Å²) in [6, 6.07) is 7.60. The third-order valence-corrected chi connectivity index (χ3v) is 6.83. The average Bonchev–Trinajstić information content (AvgIpc) is 3.00. The number of hydrogen-bond acceptors (Lipinski definition) is 2. The lowest BCUT2D eigenvalue weighted by molar-refractivity contribution is -0.132. The number of urea groups is 1. The van der Waals surface area contributed by atoms with Gasteiger partial charge in [0.05, 0.1) is 0 Å². The minimum Gasteiger partial charge on any atom is -0.336 e. The second-order valence-corrected chi connectivity index (χ2v) is 8.38. The molecule has 1 heterocycles. The first-order valence-electron chi connectivity index (χ1n) is 9.63. The summed E-state index contributed by atoms with van der Waals surface area (Å²) in [6.07, 6.45) is 6.44. The van der Waals surface area contributed by atoms with E-state index in [9.17, 15) is 9.59 Å². The summed E-state index contributed by atoms with van der Waals surface area (Å²) in [5, 5.41) is 5.95. The fraction of sp³-hybridized carbons (Fsp3) is 0.600. The Morgan fingerprint density at radius 2 is 1.64 bits per heavy atom. The highest BCUT2D eigenvalue weighted by Gasteiger charge is 2.50. The van der Waals surface area contributed by atoms with Crippen LogP contribution in [0.3, 0.4) is 0 Å². The molecule has 5 heteroatoms. The van der Waals surface area contributed by atoms with Gasteiger partial charge in [0.1, 0.15) is 0 Å². The van der Waals surface area contributed by atoms with Gasteiger partial charge in [-0.3, -0.25) is 9.69 Å². The number of benzene rings is 1. The van der Waals surface area contributed by atoms with Gasteiger partial charge >= 0.3 is 6.03 Å². The maximum Gasteiger partial charge on any atom is 0.321 e. The number of carbonyl (C=O) groups excluding carboxylic acids is 2. The second-order valence-electron chi connectivity index (χ2n) is 8.38. The van der Waals surface area contributed by atoms with Crippen LogP contribution in [0.15, 0.2) is 24.3 Å². The van der Waals surface area contributed by atoms with E-state index in [4.69, 9.17) is 0 Å². The van der Waals surface area contributed by atoms with Crippen molar-refractivity contribution in [3.8, 4) is 0 Å². The molecule has 0 aromatic heterocycles. The Balaban J connectivity index is 1.27. The number of nitrogens with zero attached hydrogens (tertiary/aromatic N) is 1. The molecule has 5 aliphatic rings. The summed E-state index contributed by atoms with van der Waals surface area (Å²) in [4.78, 5) is 26.4. The van der Waals surface area contributed by atoms with Crippen LogP contribution in [-0.2, 0) is 4.79 Å². The van der Waals surface area contributed by atoms with Crippen LogP contribution in [0.4, 0.5) is 16.2 Å². The SMILES string of the molecule is O=C(Nc1ccc(N2CCNC2=O)cc1)C1C2CC3CC(C2)CC1C3. The maximum atomic E-state index is 12.9.